The van der Waals surface area contributed by atoms with Gasteiger partial charge in [-0.05, 0) is 32.8 Å². The van der Waals surface area contributed by atoms with Crippen LogP contribution in [0.25, 0.3) is 0 Å². The zero-order valence-electron chi connectivity index (χ0n) is 11.6. The average Bonchev–Trinajstić information content (AvgIpc) is 3.18. The van der Waals surface area contributed by atoms with E-state index in [2.05, 4.69) is 5.32 Å². The first-order valence-electron chi connectivity index (χ1n) is 6.56. The molecule has 2 N–H and O–H groups in total. The van der Waals surface area contributed by atoms with E-state index in [-0.39, 0.29) is 12.5 Å². The highest BCUT2D eigenvalue weighted by Gasteiger charge is 2.52. The number of carbonyl (C=O) groups is 2. The zero-order chi connectivity index (χ0) is 15.0. The number of benzene rings is 1. The number of amides is 1. The van der Waals surface area contributed by atoms with Crippen LogP contribution in [0.3, 0.4) is 0 Å². The summed E-state index contributed by atoms with van der Waals surface area (Å²) in [6.07, 6.45) is 1.18. The molecule has 1 saturated carbocycles. The van der Waals surface area contributed by atoms with Crippen LogP contribution in [0, 0.1) is 11.2 Å². The zero-order valence-corrected chi connectivity index (χ0v) is 11.6. The van der Waals surface area contributed by atoms with E-state index < -0.39 is 22.6 Å². The second-order valence-corrected chi connectivity index (χ2v) is 5.93. The lowest BCUT2D eigenvalue weighted by molar-refractivity contribution is -0.146. The summed E-state index contributed by atoms with van der Waals surface area (Å²) in [6, 6.07) is 6.24. The smallest absolute Gasteiger partial charge is 0.310 e. The molecule has 0 spiro atoms. The molecule has 0 aliphatic heterocycles. The van der Waals surface area contributed by atoms with Gasteiger partial charge in [0.1, 0.15) is 5.82 Å². The molecule has 0 bridgehead atoms. The number of halogens is 1. The molecule has 4 nitrogen and oxygen atoms in total. The maximum absolute atomic E-state index is 13.8. The highest BCUT2D eigenvalue weighted by atomic mass is 19.1. The van der Waals surface area contributed by atoms with Crippen LogP contribution in [-0.2, 0) is 15.0 Å². The number of rotatable bonds is 5. The SMILES string of the molecule is CC(C)(CNC(=O)C1(c2ccccc2F)CC1)C(=O)O. The third-order valence-corrected chi connectivity index (χ3v) is 3.84. The molecule has 1 aliphatic carbocycles. The van der Waals surface area contributed by atoms with Gasteiger partial charge in [-0.1, -0.05) is 18.2 Å². The molecule has 5 heteroatoms. The molecule has 0 atom stereocenters. The Labute approximate surface area is 117 Å². The Hall–Kier alpha value is -1.91. The minimum Gasteiger partial charge on any atom is -0.481 e. The van der Waals surface area contributed by atoms with Crippen molar-refractivity contribution in [1.29, 1.82) is 0 Å². The van der Waals surface area contributed by atoms with Crippen LogP contribution in [0.1, 0.15) is 32.3 Å². The van der Waals surface area contributed by atoms with Gasteiger partial charge in [-0.3, -0.25) is 9.59 Å². The van der Waals surface area contributed by atoms with Gasteiger partial charge >= 0.3 is 5.97 Å². The van der Waals surface area contributed by atoms with Crippen LogP contribution in [0.5, 0.6) is 0 Å². The molecule has 0 radical (unpaired) electrons. The van der Waals surface area contributed by atoms with Crippen molar-refractivity contribution < 1.29 is 19.1 Å². The fourth-order valence-corrected chi connectivity index (χ4v) is 2.14. The Bertz CT molecular complexity index is 550. The second kappa shape index (κ2) is 4.89. The van der Waals surface area contributed by atoms with Crippen LogP contribution >= 0.6 is 0 Å². The predicted molar refractivity (Wildman–Crippen MR) is 71.7 cm³/mol. The molecule has 1 aromatic carbocycles. The van der Waals surface area contributed by atoms with Crippen LogP contribution in [0.4, 0.5) is 4.39 Å². The third kappa shape index (κ3) is 2.53. The molecular weight excluding hydrogens is 261 g/mol. The lowest BCUT2D eigenvalue weighted by Gasteiger charge is -2.22. The maximum atomic E-state index is 13.8. The van der Waals surface area contributed by atoms with Crippen LogP contribution in [0.2, 0.25) is 0 Å². The average molecular weight is 279 g/mol. The van der Waals surface area contributed by atoms with E-state index in [1.54, 1.807) is 18.2 Å². The fraction of sp³-hybridized carbons (Fsp3) is 0.467. The van der Waals surface area contributed by atoms with Gasteiger partial charge in [0.05, 0.1) is 10.8 Å². The maximum Gasteiger partial charge on any atom is 0.310 e. The van der Waals surface area contributed by atoms with Gasteiger partial charge in [0, 0.05) is 12.1 Å². The number of aliphatic carboxylic acids is 1. The first-order valence-corrected chi connectivity index (χ1v) is 6.56. The van der Waals surface area contributed by atoms with Crippen molar-refractivity contribution in [2.24, 2.45) is 5.41 Å². The summed E-state index contributed by atoms with van der Waals surface area (Å²) in [6.45, 7) is 3.11. The highest BCUT2D eigenvalue weighted by molar-refractivity contribution is 5.91. The van der Waals surface area contributed by atoms with Gasteiger partial charge in [0.2, 0.25) is 5.91 Å². The molecule has 0 heterocycles. The molecule has 1 aliphatic rings. The normalized spacial score (nSPS) is 16.6. The number of carbonyl (C=O) groups excluding carboxylic acids is 1. The summed E-state index contributed by atoms with van der Waals surface area (Å²) in [5, 5.41) is 11.7. The molecule has 20 heavy (non-hydrogen) atoms. The lowest BCUT2D eigenvalue weighted by atomic mass is 9.91. The third-order valence-electron chi connectivity index (χ3n) is 3.84. The molecule has 1 fully saturated rings. The number of hydrogen-bond donors (Lipinski definition) is 2. The topological polar surface area (TPSA) is 66.4 Å². The molecule has 108 valence electrons. The van der Waals surface area contributed by atoms with Gasteiger partial charge in [-0.15, -0.1) is 0 Å². The number of carboxylic acids is 1. The standard InChI is InChI=1S/C15H18FNO3/c1-14(2,13(19)20)9-17-12(18)15(7-8-15)10-5-3-4-6-11(10)16/h3-6H,7-9H2,1-2H3,(H,17,18)(H,19,20). The minimum atomic E-state index is -1.04. The highest BCUT2D eigenvalue weighted by Crippen LogP contribution is 2.49. The molecule has 0 unspecified atom stereocenters. The Balaban J connectivity index is 2.11. The van der Waals surface area contributed by atoms with Crippen LogP contribution in [0.15, 0.2) is 24.3 Å². The monoisotopic (exact) mass is 279 g/mol. The van der Waals surface area contributed by atoms with E-state index in [0.717, 1.165) is 0 Å². The van der Waals surface area contributed by atoms with E-state index in [1.165, 1.54) is 19.9 Å². The molecule has 1 amide bonds. The van der Waals surface area contributed by atoms with Gasteiger partial charge < -0.3 is 10.4 Å². The Morgan fingerprint density at radius 1 is 1.35 bits per heavy atom. The molecule has 0 aromatic heterocycles. The van der Waals surface area contributed by atoms with Crippen molar-refractivity contribution in [3.05, 3.63) is 35.6 Å². The minimum absolute atomic E-state index is 0.0252. The summed E-state index contributed by atoms with van der Waals surface area (Å²) in [4.78, 5) is 23.3. The largest absolute Gasteiger partial charge is 0.481 e. The summed E-state index contributed by atoms with van der Waals surface area (Å²) in [5.41, 5.74) is -1.47. The van der Waals surface area contributed by atoms with Crippen molar-refractivity contribution >= 4 is 11.9 Å². The fourth-order valence-electron chi connectivity index (χ4n) is 2.14. The Morgan fingerprint density at radius 2 is 1.95 bits per heavy atom. The molecule has 0 saturated heterocycles. The van der Waals surface area contributed by atoms with E-state index in [9.17, 15) is 14.0 Å². The number of hydrogen-bond acceptors (Lipinski definition) is 2. The lowest BCUT2D eigenvalue weighted by Crippen LogP contribution is -2.43. The number of carboxylic acid groups (broad SMARTS) is 1. The van der Waals surface area contributed by atoms with E-state index in [1.807, 2.05) is 0 Å². The number of nitrogens with one attached hydrogen (secondary N) is 1. The van der Waals surface area contributed by atoms with E-state index in [4.69, 9.17) is 5.11 Å². The first kappa shape index (κ1) is 14.5. The summed E-state index contributed by atoms with van der Waals surface area (Å²) in [7, 11) is 0. The summed E-state index contributed by atoms with van der Waals surface area (Å²) in [5.74, 6) is -1.66. The van der Waals surface area contributed by atoms with Gasteiger partial charge in [-0.2, -0.15) is 0 Å². The summed E-state index contributed by atoms with van der Waals surface area (Å²) < 4.78 is 13.8. The molecular formula is C15H18FNO3. The molecule has 2 rings (SSSR count). The van der Waals surface area contributed by atoms with Crippen molar-refractivity contribution in [3.8, 4) is 0 Å². The van der Waals surface area contributed by atoms with Crippen LogP contribution < -0.4 is 5.32 Å². The predicted octanol–water partition coefficient (Wildman–Crippen LogP) is 2.08. The van der Waals surface area contributed by atoms with Crippen molar-refractivity contribution in [3.63, 3.8) is 0 Å². The quantitative estimate of drug-likeness (QED) is 0.867. The summed E-state index contributed by atoms with van der Waals surface area (Å²) >= 11 is 0. The second-order valence-electron chi connectivity index (χ2n) is 5.93. The Morgan fingerprint density at radius 3 is 2.45 bits per heavy atom. The molecule has 1 aromatic rings. The van der Waals surface area contributed by atoms with Crippen molar-refractivity contribution in [2.75, 3.05) is 6.54 Å². The Kier molecular flexibility index (Phi) is 3.54. The van der Waals surface area contributed by atoms with Crippen molar-refractivity contribution in [2.45, 2.75) is 32.1 Å². The first-order chi connectivity index (χ1) is 9.29. The van der Waals surface area contributed by atoms with Gasteiger partial charge in [0.25, 0.3) is 0 Å². The van der Waals surface area contributed by atoms with Crippen molar-refractivity contribution in [1.82, 2.24) is 5.32 Å². The van der Waals surface area contributed by atoms with Crippen LogP contribution in [-0.4, -0.2) is 23.5 Å². The van der Waals surface area contributed by atoms with Gasteiger partial charge in [-0.25, -0.2) is 4.39 Å². The van der Waals surface area contributed by atoms with Gasteiger partial charge in [0.15, 0.2) is 0 Å². The van der Waals surface area contributed by atoms with E-state index >= 15 is 0 Å². The van der Waals surface area contributed by atoms with E-state index in [0.29, 0.717) is 18.4 Å².